The van der Waals surface area contributed by atoms with Crippen LogP contribution in [0.3, 0.4) is 0 Å². The zero-order chi connectivity index (χ0) is 22.8. The molecule has 0 radical (unpaired) electrons. The molecule has 2 amide bonds. The molecule has 0 atom stereocenters. The summed E-state index contributed by atoms with van der Waals surface area (Å²) in [5, 5.41) is 4.52. The van der Waals surface area contributed by atoms with Crippen molar-refractivity contribution in [2.24, 2.45) is 0 Å². The van der Waals surface area contributed by atoms with Crippen LogP contribution in [0.15, 0.2) is 36.7 Å². The Morgan fingerprint density at radius 2 is 1.91 bits per heavy atom. The van der Waals surface area contributed by atoms with Crippen molar-refractivity contribution in [2.45, 2.75) is 32.3 Å². The Kier molecular flexibility index (Phi) is 6.08. The van der Waals surface area contributed by atoms with Crippen molar-refractivity contribution in [2.75, 3.05) is 10.6 Å². The summed E-state index contributed by atoms with van der Waals surface area (Å²) in [7, 11) is 0. The molecule has 1 aromatic carbocycles. The van der Waals surface area contributed by atoms with Gasteiger partial charge < -0.3 is 15.4 Å². The number of benzene rings is 1. The predicted octanol–water partition coefficient (Wildman–Crippen LogP) is 4.97. The van der Waals surface area contributed by atoms with Crippen LogP contribution in [0.5, 0.6) is 5.75 Å². The molecule has 1 aliphatic rings. The first kappa shape index (κ1) is 21.8. The minimum Gasteiger partial charge on any atom is -0.489 e. The molecule has 0 aliphatic heterocycles. The molecule has 7 nitrogen and oxygen atoms in total. The van der Waals surface area contributed by atoms with Gasteiger partial charge in [0.15, 0.2) is 5.01 Å². The van der Waals surface area contributed by atoms with Gasteiger partial charge in [-0.15, -0.1) is 11.3 Å². The van der Waals surface area contributed by atoms with Crippen molar-refractivity contribution in [3.8, 4) is 5.75 Å². The number of hydrogen-bond donors (Lipinski definition) is 2. The fourth-order valence-electron chi connectivity index (χ4n) is 2.74. The van der Waals surface area contributed by atoms with Crippen LogP contribution >= 0.6 is 11.3 Å². The van der Waals surface area contributed by atoms with E-state index in [4.69, 9.17) is 4.74 Å². The Balaban J connectivity index is 1.48. The van der Waals surface area contributed by atoms with Gasteiger partial charge in [0.2, 0.25) is 0 Å². The number of ether oxygens (including phenoxy) is 1. The highest BCUT2D eigenvalue weighted by molar-refractivity contribution is 7.13. The fraction of sp³-hybridized carbons (Fsp3) is 0.238. The number of anilines is 2. The Morgan fingerprint density at radius 3 is 2.53 bits per heavy atom. The largest absolute Gasteiger partial charge is 0.489 e. The first-order valence-corrected chi connectivity index (χ1v) is 10.4. The number of rotatable bonds is 7. The van der Waals surface area contributed by atoms with E-state index in [1.54, 1.807) is 6.07 Å². The molecular weight excluding hydrogens is 445 g/mol. The normalized spacial score (nSPS) is 13.2. The Bertz CT molecular complexity index is 1160. The summed E-state index contributed by atoms with van der Waals surface area (Å²) in [5.74, 6) is -1.46. The van der Waals surface area contributed by atoms with Gasteiger partial charge in [-0.1, -0.05) is 0 Å². The van der Waals surface area contributed by atoms with Gasteiger partial charge in [-0.3, -0.25) is 9.59 Å². The molecule has 32 heavy (non-hydrogen) atoms. The summed E-state index contributed by atoms with van der Waals surface area (Å²) >= 11 is 0.553. The molecule has 0 bridgehead atoms. The van der Waals surface area contributed by atoms with Crippen LogP contribution in [-0.2, 0) is 0 Å². The lowest BCUT2D eigenvalue weighted by Crippen LogP contribution is -2.17. The molecule has 1 aliphatic carbocycles. The summed E-state index contributed by atoms with van der Waals surface area (Å²) in [4.78, 5) is 32.5. The molecule has 11 heteroatoms. The van der Waals surface area contributed by atoms with E-state index in [0.717, 1.165) is 25.1 Å². The third-order valence-corrected chi connectivity index (χ3v) is 5.55. The second-order valence-corrected chi connectivity index (χ2v) is 8.18. The maximum absolute atomic E-state index is 14.4. The monoisotopic (exact) mass is 462 g/mol. The quantitative estimate of drug-likeness (QED) is 0.517. The van der Waals surface area contributed by atoms with Gasteiger partial charge in [-0.05, 0) is 49.6 Å². The van der Waals surface area contributed by atoms with E-state index in [-0.39, 0.29) is 28.0 Å². The topological polar surface area (TPSA) is 93.2 Å². The molecule has 1 saturated carbocycles. The molecule has 0 saturated heterocycles. The number of thiazole rings is 1. The Labute approximate surface area is 184 Å². The van der Waals surface area contributed by atoms with Crippen LogP contribution in [0.25, 0.3) is 0 Å². The molecular formula is C21H17F3N4O3S. The SMILES string of the molecule is Cc1cc(F)c(C(=O)Nc2ccc(OC3CC3)cn2)cc1NC(=O)c1cnc(C(F)F)s1. The number of alkyl halides is 2. The lowest BCUT2D eigenvalue weighted by molar-refractivity contribution is 0.101. The van der Waals surface area contributed by atoms with E-state index in [9.17, 15) is 22.8 Å². The highest BCUT2D eigenvalue weighted by atomic mass is 32.1. The summed E-state index contributed by atoms with van der Waals surface area (Å²) in [5.41, 5.74) is 0.198. The van der Waals surface area contributed by atoms with E-state index >= 15 is 0 Å². The van der Waals surface area contributed by atoms with Crippen molar-refractivity contribution in [3.63, 3.8) is 0 Å². The minimum absolute atomic E-state index is 0.0345. The number of halogens is 3. The first-order valence-electron chi connectivity index (χ1n) is 9.59. The van der Waals surface area contributed by atoms with Crippen molar-refractivity contribution < 1.29 is 27.5 Å². The molecule has 1 fully saturated rings. The lowest BCUT2D eigenvalue weighted by atomic mass is 10.1. The Morgan fingerprint density at radius 1 is 1.12 bits per heavy atom. The maximum atomic E-state index is 14.4. The van der Waals surface area contributed by atoms with Crippen LogP contribution in [0.1, 0.15) is 49.9 Å². The number of amides is 2. The number of aryl methyl sites for hydroxylation is 1. The fourth-order valence-corrected chi connectivity index (χ4v) is 3.41. The molecule has 4 rings (SSSR count). The third-order valence-electron chi connectivity index (χ3n) is 4.55. The first-order chi connectivity index (χ1) is 15.3. The maximum Gasteiger partial charge on any atom is 0.289 e. The van der Waals surface area contributed by atoms with Crippen molar-refractivity contribution in [1.29, 1.82) is 0 Å². The van der Waals surface area contributed by atoms with Crippen LogP contribution in [0.2, 0.25) is 0 Å². The number of pyridine rings is 1. The highest BCUT2D eigenvalue weighted by Crippen LogP contribution is 2.28. The molecule has 2 heterocycles. The standard InChI is InChI=1S/C21H17F3N4O3S/c1-10-6-14(22)13(7-15(10)27-20(30)16-9-26-21(32-16)18(23)24)19(29)28-17-5-4-12(8-25-17)31-11-2-3-11/h4-9,11,18H,2-3H2,1H3,(H,27,30)(H,25,28,29). The lowest BCUT2D eigenvalue weighted by Gasteiger charge is -2.12. The summed E-state index contributed by atoms with van der Waals surface area (Å²) in [6.07, 6.45) is 1.93. The van der Waals surface area contributed by atoms with Crippen LogP contribution in [0.4, 0.5) is 24.7 Å². The second kappa shape index (κ2) is 8.95. The molecule has 3 aromatic rings. The van der Waals surface area contributed by atoms with Crippen molar-refractivity contribution >= 4 is 34.7 Å². The van der Waals surface area contributed by atoms with E-state index < -0.39 is 29.1 Å². The zero-order valence-electron chi connectivity index (χ0n) is 16.7. The van der Waals surface area contributed by atoms with Crippen LogP contribution in [0, 0.1) is 12.7 Å². The third kappa shape index (κ3) is 5.05. The average molecular weight is 462 g/mol. The smallest absolute Gasteiger partial charge is 0.289 e. The predicted molar refractivity (Wildman–Crippen MR) is 112 cm³/mol. The number of carbonyl (C=O) groups is 2. The number of nitrogens with one attached hydrogen (secondary N) is 2. The van der Waals surface area contributed by atoms with E-state index in [0.29, 0.717) is 22.6 Å². The molecule has 0 spiro atoms. The zero-order valence-corrected chi connectivity index (χ0v) is 17.5. The molecule has 2 aromatic heterocycles. The van der Waals surface area contributed by atoms with Crippen molar-refractivity contribution in [1.82, 2.24) is 9.97 Å². The van der Waals surface area contributed by atoms with Gasteiger partial charge in [-0.2, -0.15) is 0 Å². The van der Waals surface area contributed by atoms with Gasteiger partial charge in [-0.25, -0.2) is 23.1 Å². The molecule has 166 valence electrons. The van der Waals surface area contributed by atoms with Gasteiger partial charge in [0.25, 0.3) is 18.2 Å². The van der Waals surface area contributed by atoms with Crippen LogP contribution < -0.4 is 15.4 Å². The van der Waals surface area contributed by atoms with Gasteiger partial charge in [0, 0.05) is 5.69 Å². The highest BCUT2D eigenvalue weighted by Gasteiger charge is 2.24. The molecule has 0 unspecified atom stereocenters. The van der Waals surface area contributed by atoms with Gasteiger partial charge in [0.1, 0.15) is 22.3 Å². The number of aromatic nitrogens is 2. The van der Waals surface area contributed by atoms with Gasteiger partial charge in [0.05, 0.1) is 24.1 Å². The summed E-state index contributed by atoms with van der Waals surface area (Å²) in [6, 6.07) is 5.47. The van der Waals surface area contributed by atoms with Crippen LogP contribution in [-0.4, -0.2) is 27.9 Å². The number of carbonyl (C=O) groups excluding carboxylic acids is 2. The average Bonchev–Trinajstić information content (AvgIpc) is 3.41. The minimum atomic E-state index is -2.78. The summed E-state index contributed by atoms with van der Waals surface area (Å²) in [6.45, 7) is 1.54. The van der Waals surface area contributed by atoms with E-state index in [1.807, 2.05) is 0 Å². The van der Waals surface area contributed by atoms with Gasteiger partial charge >= 0.3 is 0 Å². The summed E-state index contributed by atoms with van der Waals surface area (Å²) < 4.78 is 45.4. The molecule has 2 N–H and O–H groups in total. The number of hydrogen-bond acceptors (Lipinski definition) is 6. The number of nitrogens with zero attached hydrogens (tertiary/aromatic N) is 2. The van der Waals surface area contributed by atoms with Crippen molar-refractivity contribution in [3.05, 3.63) is 63.5 Å². The van der Waals surface area contributed by atoms with E-state index in [1.165, 1.54) is 25.3 Å². The second-order valence-electron chi connectivity index (χ2n) is 7.12. The Hall–Kier alpha value is -3.47. The van der Waals surface area contributed by atoms with E-state index in [2.05, 4.69) is 20.6 Å².